The summed E-state index contributed by atoms with van der Waals surface area (Å²) >= 11 is 0. The molecule has 1 aromatic carbocycles. The third-order valence-electron chi connectivity index (χ3n) is 6.46. The van der Waals surface area contributed by atoms with Gasteiger partial charge in [-0.3, -0.25) is 24.3 Å². The van der Waals surface area contributed by atoms with Gasteiger partial charge in [0.15, 0.2) is 0 Å². The Balaban J connectivity index is 1.47. The van der Waals surface area contributed by atoms with Crippen molar-refractivity contribution < 1.29 is 23.9 Å². The summed E-state index contributed by atoms with van der Waals surface area (Å²) in [6.07, 6.45) is 4.48. The number of hydrogen-bond acceptors (Lipinski definition) is 6. The number of imide groups is 1. The number of likely N-dealkylation sites (tertiary alicyclic amines) is 1. The van der Waals surface area contributed by atoms with Crippen LogP contribution in [0.5, 0.6) is 5.75 Å². The zero-order valence-electron chi connectivity index (χ0n) is 18.8. The van der Waals surface area contributed by atoms with Crippen LogP contribution in [0.1, 0.15) is 31.2 Å². The molecule has 33 heavy (non-hydrogen) atoms. The number of ether oxygens (including phenoxy) is 2. The second-order valence-corrected chi connectivity index (χ2v) is 8.57. The maximum atomic E-state index is 13.6. The summed E-state index contributed by atoms with van der Waals surface area (Å²) in [6.45, 7) is 1.71. The third kappa shape index (κ3) is 4.90. The average molecular weight is 452 g/mol. The first kappa shape index (κ1) is 22.9. The van der Waals surface area contributed by atoms with Crippen LogP contribution in [0.2, 0.25) is 0 Å². The molecule has 2 saturated heterocycles. The molecule has 3 amide bonds. The normalized spacial score (nSPS) is 22.6. The lowest BCUT2D eigenvalue weighted by molar-refractivity contribution is -0.143. The van der Waals surface area contributed by atoms with Gasteiger partial charge in [0.2, 0.25) is 17.7 Å². The molecule has 8 heteroatoms. The highest BCUT2D eigenvalue weighted by Gasteiger charge is 2.54. The molecular weight excluding hydrogens is 422 g/mol. The van der Waals surface area contributed by atoms with Crippen LogP contribution in [0, 0.1) is 0 Å². The number of likely N-dealkylation sites (N-methyl/N-ethyl adjacent to an activating group) is 1. The number of nitrogens with zero attached hydrogens (tertiary/aromatic N) is 3. The fourth-order valence-electron chi connectivity index (χ4n) is 4.51. The van der Waals surface area contributed by atoms with Crippen LogP contribution in [0.25, 0.3) is 0 Å². The number of pyridine rings is 1. The highest BCUT2D eigenvalue weighted by molar-refractivity contribution is 6.10. The molecule has 0 saturated carbocycles. The fourth-order valence-corrected chi connectivity index (χ4v) is 4.51. The van der Waals surface area contributed by atoms with Crippen molar-refractivity contribution in [2.24, 2.45) is 0 Å². The van der Waals surface area contributed by atoms with Gasteiger partial charge in [0.25, 0.3) is 0 Å². The van der Waals surface area contributed by atoms with Gasteiger partial charge < -0.3 is 14.4 Å². The van der Waals surface area contributed by atoms with E-state index in [1.165, 1.54) is 4.90 Å². The lowest BCUT2D eigenvalue weighted by Crippen LogP contribution is -2.45. The highest BCUT2D eigenvalue weighted by atomic mass is 16.5. The van der Waals surface area contributed by atoms with Crippen molar-refractivity contribution in [1.29, 1.82) is 0 Å². The maximum absolute atomic E-state index is 13.6. The van der Waals surface area contributed by atoms with E-state index in [1.807, 2.05) is 30.3 Å². The third-order valence-corrected chi connectivity index (χ3v) is 6.46. The van der Waals surface area contributed by atoms with Gasteiger partial charge in [-0.2, -0.15) is 0 Å². The molecule has 2 aliphatic heterocycles. The molecule has 2 fully saturated rings. The van der Waals surface area contributed by atoms with Gasteiger partial charge in [0, 0.05) is 39.2 Å². The van der Waals surface area contributed by atoms with Gasteiger partial charge in [0.1, 0.15) is 5.75 Å². The topological polar surface area (TPSA) is 89.0 Å². The number of amides is 3. The zero-order chi connectivity index (χ0) is 23.3. The minimum Gasteiger partial charge on any atom is -0.492 e. The number of benzene rings is 1. The van der Waals surface area contributed by atoms with Gasteiger partial charge in [0.05, 0.1) is 30.9 Å². The molecule has 4 rings (SSSR count). The SMILES string of the molecule is CN(C(=O)C[C@]1(c2ccccc2)CC(=O)N(CCCOc2cccnc2)C1=O)[C@@H]1CCOC1. The van der Waals surface area contributed by atoms with Gasteiger partial charge >= 0.3 is 0 Å². The number of rotatable bonds is 9. The summed E-state index contributed by atoms with van der Waals surface area (Å²) in [5.74, 6) is -0.0913. The van der Waals surface area contributed by atoms with Gasteiger partial charge in [-0.25, -0.2) is 0 Å². The Bertz CT molecular complexity index is 978. The molecule has 2 aromatic rings. The van der Waals surface area contributed by atoms with E-state index in [9.17, 15) is 14.4 Å². The first-order chi connectivity index (χ1) is 16.0. The van der Waals surface area contributed by atoms with Crippen molar-refractivity contribution in [1.82, 2.24) is 14.8 Å². The quantitative estimate of drug-likeness (QED) is 0.429. The van der Waals surface area contributed by atoms with Crippen molar-refractivity contribution in [2.45, 2.75) is 37.1 Å². The molecule has 2 atom stereocenters. The van der Waals surface area contributed by atoms with Gasteiger partial charge in [-0.05, 0) is 30.5 Å². The van der Waals surface area contributed by atoms with Crippen LogP contribution in [0.3, 0.4) is 0 Å². The first-order valence-corrected chi connectivity index (χ1v) is 11.3. The Hall–Kier alpha value is -3.26. The fraction of sp³-hybridized carbons (Fsp3) is 0.440. The smallest absolute Gasteiger partial charge is 0.240 e. The lowest BCUT2D eigenvalue weighted by atomic mass is 9.75. The van der Waals surface area contributed by atoms with Crippen molar-refractivity contribution in [2.75, 3.05) is 33.4 Å². The van der Waals surface area contributed by atoms with Crippen molar-refractivity contribution in [3.05, 3.63) is 60.4 Å². The van der Waals surface area contributed by atoms with E-state index < -0.39 is 5.41 Å². The lowest BCUT2D eigenvalue weighted by Gasteiger charge is -2.31. The van der Waals surface area contributed by atoms with Gasteiger partial charge in [-0.1, -0.05) is 30.3 Å². The van der Waals surface area contributed by atoms with E-state index in [0.29, 0.717) is 37.6 Å². The molecule has 0 bridgehead atoms. The molecule has 3 heterocycles. The predicted molar refractivity (Wildman–Crippen MR) is 120 cm³/mol. The average Bonchev–Trinajstić information content (AvgIpc) is 3.46. The van der Waals surface area contributed by atoms with Crippen LogP contribution in [0.15, 0.2) is 54.9 Å². The minimum atomic E-state index is -1.19. The standard InChI is InChI=1S/C25H29N3O5/c1-27(20-10-14-32-18-20)22(29)15-25(19-7-3-2-4-8-19)16-23(30)28(24(25)31)12-6-13-33-21-9-5-11-26-17-21/h2-5,7-9,11,17,20H,6,10,12-16,18H2,1H3/t20-,25-/m1/s1. The molecule has 0 aliphatic carbocycles. The first-order valence-electron chi connectivity index (χ1n) is 11.3. The molecular formula is C25H29N3O5. The molecule has 0 spiro atoms. The highest BCUT2D eigenvalue weighted by Crippen LogP contribution is 2.40. The molecule has 174 valence electrons. The largest absolute Gasteiger partial charge is 0.492 e. The molecule has 8 nitrogen and oxygen atoms in total. The Morgan fingerprint density at radius 2 is 2.06 bits per heavy atom. The van der Waals surface area contributed by atoms with Crippen LogP contribution in [-0.2, 0) is 24.5 Å². The second kappa shape index (κ2) is 10.1. The van der Waals surface area contributed by atoms with E-state index in [4.69, 9.17) is 9.47 Å². The monoisotopic (exact) mass is 451 g/mol. The Labute approximate surface area is 193 Å². The van der Waals surface area contributed by atoms with Crippen molar-refractivity contribution in [3.63, 3.8) is 0 Å². The molecule has 0 radical (unpaired) electrons. The molecule has 0 N–H and O–H groups in total. The minimum absolute atomic E-state index is 0.00161. The van der Waals surface area contributed by atoms with Crippen molar-refractivity contribution in [3.8, 4) is 5.75 Å². The summed E-state index contributed by atoms with van der Waals surface area (Å²) in [5.41, 5.74) is -0.491. The Morgan fingerprint density at radius 3 is 2.76 bits per heavy atom. The zero-order valence-corrected chi connectivity index (χ0v) is 18.8. The van der Waals surface area contributed by atoms with Crippen LogP contribution >= 0.6 is 0 Å². The van der Waals surface area contributed by atoms with E-state index >= 15 is 0 Å². The van der Waals surface area contributed by atoms with E-state index in [2.05, 4.69) is 4.98 Å². The van der Waals surface area contributed by atoms with E-state index in [0.717, 1.165) is 6.42 Å². The summed E-state index contributed by atoms with van der Waals surface area (Å²) in [5, 5.41) is 0. The molecule has 2 aliphatic rings. The number of aromatic nitrogens is 1. The molecule has 0 unspecified atom stereocenters. The number of carbonyl (C=O) groups is 3. The Morgan fingerprint density at radius 1 is 1.24 bits per heavy atom. The van der Waals surface area contributed by atoms with Gasteiger partial charge in [-0.15, -0.1) is 0 Å². The van der Waals surface area contributed by atoms with Crippen LogP contribution < -0.4 is 4.74 Å². The summed E-state index contributed by atoms with van der Waals surface area (Å²) < 4.78 is 11.1. The van der Waals surface area contributed by atoms with Crippen LogP contribution in [-0.4, -0.2) is 72.0 Å². The van der Waals surface area contributed by atoms with E-state index in [-0.39, 0.29) is 43.1 Å². The summed E-state index contributed by atoms with van der Waals surface area (Å²) in [4.78, 5) is 46.7. The Kier molecular flexibility index (Phi) is 7.03. The second-order valence-electron chi connectivity index (χ2n) is 8.57. The van der Waals surface area contributed by atoms with Crippen LogP contribution in [0.4, 0.5) is 0 Å². The number of hydrogen-bond donors (Lipinski definition) is 0. The summed E-state index contributed by atoms with van der Waals surface area (Å²) in [6, 6.07) is 12.8. The number of carbonyl (C=O) groups excluding carboxylic acids is 3. The predicted octanol–water partition coefficient (Wildman–Crippen LogP) is 2.18. The molecule has 1 aromatic heterocycles. The summed E-state index contributed by atoms with van der Waals surface area (Å²) in [7, 11) is 1.75. The maximum Gasteiger partial charge on any atom is 0.240 e. The van der Waals surface area contributed by atoms with Crippen molar-refractivity contribution >= 4 is 17.7 Å². The van der Waals surface area contributed by atoms with E-state index in [1.54, 1.807) is 36.5 Å².